The maximum atomic E-state index is 13.8. The average molecular weight is 430 g/mol. The first-order valence-corrected chi connectivity index (χ1v) is 12.2. The first-order chi connectivity index (χ1) is 15.6. The minimum absolute atomic E-state index is 0.141. The fraction of sp³-hybridized carbons (Fsp3) is 0.500. The molecule has 3 heterocycles. The van der Waals surface area contributed by atoms with Crippen molar-refractivity contribution in [2.24, 2.45) is 28.7 Å². The van der Waals surface area contributed by atoms with E-state index in [1.165, 1.54) is 11.1 Å². The molecule has 4 nitrogen and oxygen atoms in total. The van der Waals surface area contributed by atoms with Crippen LogP contribution in [0.15, 0.2) is 65.7 Å². The van der Waals surface area contributed by atoms with Crippen molar-refractivity contribution in [3.63, 3.8) is 0 Å². The Morgan fingerprint density at radius 3 is 2.47 bits per heavy atom. The topological polar surface area (TPSA) is 44.7 Å². The zero-order chi connectivity index (χ0) is 22.1. The summed E-state index contributed by atoms with van der Waals surface area (Å²) in [4.78, 5) is 21.4. The average Bonchev–Trinajstić information content (AvgIpc) is 3.06. The van der Waals surface area contributed by atoms with Crippen molar-refractivity contribution >= 4 is 12.1 Å². The summed E-state index contributed by atoms with van der Waals surface area (Å²) in [5, 5.41) is 3.30. The quantitative estimate of drug-likeness (QED) is 0.678. The van der Waals surface area contributed by atoms with Crippen LogP contribution in [0.5, 0.6) is 0 Å². The number of carbonyl (C=O) groups is 1. The van der Waals surface area contributed by atoms with E-state index in [1.54, 1.807) is 0 Å². The van der Waals surface area contributed by atoms with E-state index in [9.17, 15) is 4.79 Å². The third-order valence-electron chi connectivity index (χ3n) is 7.79. The van der Waals surface area contributed by atoms with Gasteiger partial charge in [0.15, 0.2) is 5.54 Å². The summed E-state index contributed by atoms with van der Waals surface area (Å²) >= 11 is 0. The summed E-state index contributed by atoms with van der Waals surface area (Å²) in [7, 11) is 0. The van der Waals surface area contributed by atoms with Gasteiger partial charge < -0.3 is 5.32 Å². The minimum atomic E-state index is -0.625. The lowest BCUT2D eigenvalue weighted by Crippen LogP contribution is -2.65. The molecule has 32 heavy (non-hydrogen) atoms. The summed E-state index contributed by atoms with van der Waals surface area (Å²) < 4.78 is 0. The van der Waals surface area contributed by atoms with E-state index in [2.05, 4.69) is 84.9 Å². The summed E-state index contributed by atoms with van der Waals surface area (Å²) in [5.74, 6) is 2.07. The van der Waals surface area contributed by atoms with Gasteiger partial charge in [-0.2, -0.15) is 0 Å². The predicted molar refractivity (Wildman–Crippen MR) is 130 cm³/mol. The number of rotatable bonds is 8. The van der Waals surface area contributed by atoms with Crippen LogP contribution >= 0.6 is 0 Å². The number of likely N-dealkylation sites (tertiary alicyclic amines) is 1. The number of nitrogens with one attached hydrogen (secondary N) is 1. The van der Waals surface area contributed by atoms with Gasteiger partial charge in [-0.25, -0.2) is 0 Å². The van der Waals surface area contributed by atoms with Crippen molar-refractivity contribution < 1.29 is 4.79 Å². The van der Waals surface area contributed by atoms with Gasteiger partial charge in [0, 0.05) is 37.8 Å². The van der Waals surface area contributed by atoms with Crippen molar-refractivity contribution in [2.75, 3.05) is 13.1 Å². The molecule has 2 fully saturated rings. The molecule has 1 amide bonds. The molecule has 3 aliphatic heterocycles. The Labute approximate surface area is 192 Å². The molecule has 2 aromatic carbocycles. The Morgan fingerprint density at radius 2 is 1.78 bits per heavy atom. The Morgan fingerprint density at radius 1 is 1.09 bits per heavy atom. The van der Waals surface area contributed by atoms with Gasteiger partial charge in [0.2, 0.25) is 5.91 Å². The molecule has 1 aliphatic carbocycles. The number of benzene rings is 2. The van der Waals surface area contributed by atoms with E-state index >= 15 is 0 Å². The Hall–Kier alpha value is -2.46. The van der Waals surface area contributed by atoms with Gasteiger partial charge >= 0.3 is 0 Å². The zero-order valence-corrected chi connectivity index (χ0v) is 19.3. The summed E-state index contributed by atoms with van der Waals surface area (Å²) in [6.45, 7) is 7.14. The van der Waals surface area contributed by atoms with Crippen molar-refractivity contribution in [1.29, 1.82) is 0 Å². The molecular formula is C28H35N3O. The SMILES string of the molecule is CC(C)CC1C2C=NC3(C(=O)NCCc4ccccc4)C(C2)CN(Cc2ccccc2)[C@@H]13. The molecule has 4 aliphatic rings. The minimum Gasteiger partial charge on any atom is -0.354 e. The van der Waals surface area contributed by atoms with Crippen LogP contribution in [0, 0.1) is 23.7 Å². The summed E-state index contributed by atoms with van der Waals surface area (Å²) in [5.41, 5.74) is 1.95. The molecule has 4 bridgehead atoms. The second-order valence-electron chi connectivity index (χ2n) is 10.3. The third-order valence-corrected chi connectivity index (χ3v) is 7.79. The maximum Gasteiger partial charge on any atom is 0.249 e. The molecule has 4 heteroatoms. The molecule has 168 valence electrons. The summed E-state index contributed by atoms with van der Waals surface area (Å²) in [6, 6.07) is 21.3. The molecule has 5 atom stereocenters. The highest BCUT2D eigenvalue weighted by Crippen LogP contribution is 2.55. The van der Waals surface area contributed by atoms with Crippen LogP contribution < -0.4 is 5.32 Å². The molecule has 2 aromatic rings. The van der Waals surface area contributed by atoms with Gasteiger partial charge in [0.25, 0.3) is 0 Å². The number of carbonyl (C=O) groups excluding carboxylic acids is 1. The molecule has 1 saturated heterocycles. The normalized spacial score (nSPS) is 30.7. The summed E-state index contributed by atoms with van der Waals surface area (Å²) in [6.07, 6.45) is 5.24. The lowest BCUT2D eigenvalue weighted by molar-refractivity contribution is -0.132. The van der Waals surface area contributed by atoms with Gasteiger partial charge in [-0.3, -0.25) is 14.7 Å². The molecule has 0 aromatic heterocycles. The van der Waals surface area contributed by atoms with Crippen LogP contribution in [0.1, 0.15) is 37.8 Å². The lowest BCUT2D eigenvalue weighted by Gasteiger charge is -2.51. The standard InChI is InChI=1S/C28H35N3O/c1-20(2)15-25-23-16-24-19-31(18-22-11-7-4-8-12-22)26(25)28(24,30-17-23)27(32)29-14-13-21-9-5-3-6-10-21/h3-12,17,20,23-26H,13-16,18-19H2,1-2H3,(H,29,32)/t23?,24?,25?,26-,28?/m0/s1. The van der Waals surface area contributed by atoms with E-state index in [0.717, 1.165) is 32.4 Å². The van der Waals surface area contributed by atoms with Crippen LogP contribution in [-0.4, -0.2) is 41.7 Å². The van der Waals surface area contributed by atoms with Gasteiger partial charge in [-0.1, -0.05) is 74.5 Å². The molecule has 1 N–H and O–H groups in total. The first-order valence-electron chi connectivity index (χ1n) is 12.2. The Bertz CT molecular complexity index is 957. The van der Waals surface area contributed by atoms with E-state index in [4.69, 9.17) is 4.99 Å². The number of amides is 1. The van der Waals surface area contributed by atoms with Crippen LogP contribution in [0.3, 0.4) is 0 Å². The van der Waals surface area contributed by atoms with Crippen molar-refractivity contribution in [3.8, 4) is 0 Å². The molecule has 1 saturated carbocycles. The van der Waals surface area contributed by atoms with Gasteiger partial charge in [0.1, 0.15) is 0 Å². The highest BCUT2D eigenvalue weighted by atomic mass is 16.2. The molecule has 0 radical (unpaired) electrons. The Balaban J connectivity index is 1.39. The Kier molecular flexibility index (Phi) is 5.90. The maximum absolute atomic E-state index is 13.8. The van der Waals surface area contributed by atoms with Crippen LogP contribution in [-0.2, 0) is 17.8 Å². The first kappa shape index (κ1) is 21.4. The second-order valence-corrected chi connectivity index (χ2v) is 10.3. The lowest BCUT2D eigenvalue weighted by atomic mass is 9.59. The zero-order valence-electron chi connectivity index (χ0n) is 19.3. The van der Waals surface area contributed by atoms with Crippen molar-refractivity contribution in [1.82, 2.24) is 10.2 Å². The number of aliphatic imine (C=N–C) groups is 1. The van der Waals surface area contributed by atoms with Crippen molar-refractivity contribution in [2.45, 2.75) is 51.2 Å². The highest BCUT2D eigenvalue weighted by Gasteiger charge is 2.67. The molecular weight excluding hydrogens is 394 g/mol. The van der Waals surface area contributed by atoms with Crippen LogP contribution in [0.4, 0.5) is 0 Å². The largest absolute Gasteiger partial charge is 0.354 e. The van der Waals surface area contributed by atoms with Crippen LogP contribution in [0.25, 0.3) is 0 Å². The number of hydrogen-bond acceptors (Lipinski definition) is 3. The fourth-order valence-electron chi connectivity index (χ4n) is 6.53. The van der Waals surface area contributed by atoms with E-state index in [0.29, 0.717) is 30.2 Å². The smallest absolute Gasteiger partial charge is 0.249 e. The number of hydrogen-bond donors (Lipinski definition) is 1. The second kappa shape index (κ2) is 8.82. The van der Waals surface area contributed by atoms with Gasteiger partial charge in [-0.05, 0) is 48.1 Å². The molecule has 4 unspecified atom stereocenters. The monoisotopic (exact) mass is 429 g/mol. The fourth-order valence-corrected chi connectivity index (χ4v) is 6.53. The molecule has 6 rings (SSSR count). The van der Waals surface area contributed by atoms with E-state index in [-0.39, 0.29) is 11.9 Å². The number of nitrogens with zero attached hydrogens (tertiary/aromatic N) is 2. The van der Waals surface area contributed by atoms with Crippen LogP contribution in [0.2, 0.25) is 0 Å². The van der Waals surface area contributed by atoms with Gasteiger partial charge in [-0.15, -0.1) is 0 Å². The van der Waals surface area contributed by atoms with E-state index in [1.807, 2.05) is 6.07 Å². The van der Waals surface area contributed by atoms with E-state index < -0.39 is 5.54 Å². The van der Waals surface area contributed by atoms with Gasteiger partial charge in [0.05, 0.1) is 0 Å². The third kappa shape index (κ3) is 3.79. The molecule has 0 spiro atoms. The highest BCUT2D eigenvalue weighted by molar-refractivity contribution is 5.92. The predicted octanol–water partition coefficient (Wildman–Crippen LogP) is 4.35. The van der Waals surface area contributed by atoms with Crippen molar-refractivity contribution in [3.05, 3.63) is 71.8 Å².